The van der Waals surface area contributed by atoms with Crippen LogP contribution in [0.5, 0.6) is 0 Å². The molecule has 62 valence electrons. The lowest BCUT2D eigenvalue weighted by Gasteiger charge is -2.23. The average Bonchev–Trinajstić information content (AvgIpc) is 1.97. The van der Waals surface area contributed by atoms with Crippen molar-refractivity contribution in [3.8, 4) is 0 Å². The first-order valence-electron chi connectivity index (χ1n) is 3.74. The standard InChI is InChI=1S/C8H15N2P/c1-4-3-6(11)8(10)7(9)5(4)2/h4H,3,9-11H2,1-2H3. The minimum absolute atomic E-state index is 0.537. The second-order valence-corrected chi connectivity index (χ2v) is 3.84. The first kappa shape index (κ1) is 8.61. The molecule has 0 heterocycles. The molecule has 2 atom stereocenters. The molecule has 0 saturated carbocycles. The summed E-state index contributed by atoms with van der Waals surface area (Å²) in [7, 11) is 2.65. The maximum Gasteiger partial charge on any atom is 0.0579 e. The topological polar surface area (TPSA) is 52.0 Å². The van der Waals surface area contributed by atoms with Gasteiger partial charge in [0, 0.05) is 0 Å². The van der Waals surface area contributed by atoms with E-state index in [1.807, 2.05) is 6.92 Å². The van der Waals surface area contributed by atoms with Crippen LogP contribution in [0.1, 0.15) is 20.3 Å². The van der Waals surface area contributed by atoms with Crippen molar-refractivity contribution in [1.82, 2.24) is 0 Å². The van der Waals surface area contributed by atoms with Crippen molar-refractivity contribution in [2.24, 2.45) is 17.4 Å². The molecule has 3 heteroatoms. The smallest absolute Gasteiger partial charge is 0.0579 e. The van der Waals surface area contributed by atoms with Crippen molar-refractivity contribution in [2.75, 3.05) is 0 Å². The fourth-order valence-electron chi connectivity index (χ4n) is 1.24. The van der Waals surface area contributed by atoms with Crippen LogP contribution >= 0.6 is 9.24 Å². The normalized spacial score (nSPS) is 26.3. The van der Waals surface area contributed by atoms with Gasteiger partial charge in [0.2, 0.25) is 0 Å². The maximum absolute atomic E-state index is 5.79. The van der Waals surface area contributed by atoms with Crippen LogP contribution in [-0.4, -0.2) is 0 Å². The molecule has 11 heavy (non-hydrogen) atoms. The Hall–Kier alpha value is -0.490. The predicted molar refractivity (Wildman–Crippen MR) is 51.6 cm³/mol. The molecule has 4 N–H and O–H groups in total. The zero-order valence-corrected chi connectivity index (χ0v) is 8.17. The Morgan fingerprint density at radius 1 is 1.36 bits per heavy atom. The Morgan fingerprint density at radius 2 is 1.91 bits per heavy atom. The highest BCUT2D eigenvalue weighted by molar-refractivity contribution is 7.22. The summed E-state index contributed by atoms with van der Waals surface area (Å²) in [5, 5.41) is 1.14. The van der Waals surface area contributed by atoms with Crippen molar-refractivity contribution in [1.29, 1.82) is 0 Å². The monoisotopic (exact) mass is 170 g/mol. The molecule has 0 spiro atoms. The van der Waals surface area contributed by atoms with Crippen LogP contribution in [0.15, 0.2) is 22.3 Å². The van der Waals surface area contributed by atoms with Crippen LogP contribution < -0.4 is 11.5 Å². The highest BCUT2D eigenvalue weighted by Crippen LogP contribution is 2.32. The Balaban J connectivity index is 3.07. The number of nitrogens with two attached hydrogens (primary N) is 2. The third-order valence-electron chi connectivity index (χ3n) is 2.33. The highest BCUT2D eigenvalue weighted by atomic mass is 31.0. The van der Waals surface area contributed by atoms with Gasteiger partial charge in [-0.1, -0.05) is 6.92 Å². The molecule has 0 aliphatic heterocycles. The molecule has 0 radical (unpaired) electrons. The molecule has 2 unspecified atom stereocenters. The van der Waals surface area contributed by atoms with E-state index in [0.29, 0.717) is 5.92 Å². The molecule has 1 aliphatic carbocycles. The fourth-order valence-corrected chi connectivity index (χ4v) is 1.75. The van der Waals surface area contributed by atoms with E-state index in [9.17, 15) is 0 Å². The molecule has 0 saturated heterocycles. The molecular weight excluding hydrogens is 155 g/mol. The minimum atomic E-state index is 0.537. The molecule has 1 aliphatic rings. The zero-order valence-electron chi connectivity index (χ0n) is 7.02. The van der Waals surface area contributed by atoms with E-state index >= 15 is 0 Å². The van der Waals surface area contributed by atoms with Gasteiger partial charge < -0.3 is 11.5 Å². The lowest BCUT2D eigenvalue weighted by atomic mass is 9.91. The highest BCUT2D eigenvalue weighted by Gasteiger charge is 2.17. The molecular formula is C8H15N2P. The van der Waals surface area contributed by atoms with Crippen LogP contribution in [-0.2, 0) is 0 Å². The Labute approximate surface area is 69.9 Å². The summed E-state index contributed by atoms with van der Waals surface area (Å²) in [5.41, 5.74) is 14.3. The quantitative estimate of drug-likeness (QED) is 0.538. The van der Waals surface area contributed by atoms with E-state index < -0.39 is 0 Å². The van der Waals surface area contributed by atoms with Crippen molar-refractivity contribution < 1.29 is 0 Å². The molecule has 0 aromatic carbocycles. The van der Waals surface area contributed by atoms with Crippen molar-refractivity contribution in [3.63, 3.8) is 0 Å². The van der Waals surface area contributed by atoms with Crippen LogP contribution in [0.3, 0.4) is 0 Å². The van der Waals surface area contributed by atoms with Crippen LogP contribution in [0.2, 0.25) is 0 Å². The third kappa shape index (κ3) is 1.41. The zero-order chi connectivity index (χ0) is 8.59. The van der Waals surface area contributed by atoms with Crippen molar-refractivity contribution in [2.45, 2.75) is 20.3 Å². The van der Waals surface area contributed by atoms with E-state index in [4.69, 9.17) is 11.5 Å². The number of hydrogen-bond donors (Lipinski definition) is 2. The van der Waals surface area contributed by atoms with Crippen LogP contribution in [0.25, 0.3) is 0 Å². The van der Waals surface area contributed by atoms with Gasteiger partial charge in [0.15, 0.2) is 0 Å². The second-order valence-electron chi connectivity index (χ2n) is 3.14. The Morgan fingerprint density at radius 3 is 2.45 bits per heavy atom. The Kier molecular flexibility index (Phi) is 2.24. The van der Waals surface area contributed by atoms with Gasteiger partial charge in [0.1, 0.15) is 0 Å². The van der Waals surface area contributed by atoms with Gasteiger partial charge in [-0.3, -0.25) is 0 Å². The second kappa shape index (κ2) is 2.86. The van der Waals surface area contributed by atoms with Gasteiger partial charge in [0.05, 0.1) is 11.4 Å². The summed E-state index contributed by atoms with van der Waals surface area (Å²) in [6.07, 6.45) is 1.02. The Bertz CT molecular complexity index is 240. The van der Waals surface area contributed by atoms with Crippen LogP contribution in [0.4, 0.5) is 0 Å². The molecule has 2 nitrogen and oxygen atoms in total. The summed E-state index contributed by atoms with van der Waals surface area (Å²) >= 11 is 0. The van der Waals surface area contributed by atoms with Gasteiger partial charge in [-0.05, 0) is 30.1 Å². The molecule has 0 fully saturated rings. The number of allylic oxidation sites excluding steroid dienone is 2. The molecule has 1 rings (SSSR count). The summed E-state index contributed by atoms with van der Waals surface area (Å²) in [6, 6.07) is 0. The summed E-state index contributed by atoms with van der Waals surface area (Å²) < 4.78 is 0. The summed E-state index contributed by atoms with van der Waals surface area (Å²) in [4.78, 5) is 0. The van der Waals surface area contributed by atoms with Gasteiger partial charge in [-0.15, -0.1) is 9.24 Å². The minimum Gasteiger partial charge on any atom is -0.397 e. The lowest BCUT2D eigenvalue weighted by molar-refractivity contribution is 0.661. The van der Waals surface area contributed by atoms with Gasteiger partial charge in [0.25, 0.3) is 0 Å². The van der Waals surface area contributed by atoms with Crippen molar-refractivity contribution in [3.05, 3.63) is 22.3 Å². The third-order valence-corrected chi connectivity index (χ3v) is 2.87. The SMILES string of the molecule is CC1=C(N)C(N)=C(P)CC1C. The lowest BCUT2D eigenvalue weighted by Crippen LogP contribution is -2.20. The summed E-state index contributed by atoms with van der Waals surface area (Å²) in [6.45, 7) is 4.21. The van der Waals surface area contributed by atoms with E-state index in [2.05, 4.69) is 16.2 Å². The van der Waals surface area contributed by atoms with Crippen molar-refractivity contribution >= 4 is 9.24 Å². The van der Waals surface area contributed by atoms with Gasteiger partial charge in [-0.2, -0.15) is 0 Å². The molecule has 0 aromatic rings. The first-order valence-corrected chi connectivity index (χ1v) is 4.32. The van der Waals surface area contributed by atoms with E-state index in [1.165, 1.54) is 5.57 Å². The average molecular weight is 170 g/mol. The molecule has 0 bridgehead atoms. The van der Waals surface area contributed by atoms with E-state index in [1.54, 1.807) is 0 Å². The fraction of sp³-hybridized carbons (Fsp3) is 0.500. The summed E-state index contributed by atoms with van der Waals surface area (Å²) in [5.74, 6) is 0.537. The number of rotatable bonds is 0. The van der Waals surface area contributed by atoms with Gasteiger partial charge in [-0.25, -0.2) is 0 Å². The van der Waals surface area contributed by atoms with Crippen LogP contribution in [0, 0.1) is 5.92 Å². The molecule has 0 aromatic heterocycles. The maximum atomic E-state index is 5.79. The van der Waals surface area contributed by atoms with E-state index in [0.717, 1.165) is 23.1 Å². The number of hydrogen-bond acceptors (Lipinski definition) is 2. The largest absolute Gasteiger partial charge is 0.397 e. The van der Waals surface area contributed by atoms with E-state index in [-0.39, 0.29) is 0 Å². The van der Waals surface area contributed by atoms with Gasteiger partial charge >= 0.3 is 0 Å². The first-order chi connectivity index (χ1) is 5.04. The molecule has 0 amide bonds. The predicted octanol–water partition coefficient (Wildman–Crippen LogP) is 1.30.